The van der Waals surface area contributed by atoms with Crippen molar-refractivity contribution in [3.8, 4) is 5.75 Å². The molecule has 0 heterocycles. The highest BCUT2D eigenvalue weighted by molar-refractivity contribution is 7.98. The first-order valence-electron chi connectivity index (χ1n) is 9.96. The summed E-state index contributed by atoms with van der Waals surface area (Å²) in [6, 6.07) is 13.0. The third kappa shape index (κ3) is 5.26. The van der Waals surface area contributed by atoms with E-state index in [9.17, 15) is 0 Å². The van der Waals surface area contributed by atoms with Crippen LogP contribution in [0.1, 0.15) is 44.7 Å². The van der Waals surface area contributed by atoms with Crippen LogP contribution in [0.2, 0.25) is 0 Å². The lowest BCUT2D eigenvalue weighted by atomic mass is 9.76. The first kappa shape index (κ1) is 22.2. The molecular formula is C24H34N2OS. The number of benzene rings is 2. The Balaban J connectivity index is 2.28. The maximum Gasteiger partial charge on any atom is 0.128 e. The molecule has 0 aromatic heterocycles. The van der Waals surface area contributed by atoms with Gasteiger partial charge >= 0.3 is 0 Å². The lowest BCUT2D eigenvalue weighted by molar-refractivity contribution is 0.414. The Hall–Kier alpha value is -2.07. The van der Waals surface area contributed by atoms with Gasteiger partial charge in [-0.2, -0.15) is 0 Å². The molecule has 0 fully saturated rings. The molecule has 0 saturated carbocycles. The molecule has 0 aliphatic heterocycles. The number of allylic oxidation sites excluding steroid dienone is 1. The second kappa shape index (κ2) is 10.5. The number of thioether (sulfide) groups is 1. The van der Waals surface area contributed by atoms with Gasteiger partial charge < -0.3 is 15.4 Å². The molecule has 0 saturated heterocycles. The quantitative estimate of drug-likeness (QED) is 0.438. The number of rotatable bonds is 10. The van der Waals surface area contributed by atoms with Crippen molar-refractivity contribution in [3.05, 3.63) is 53.6 Å². The van der Waals surface area contributed by atoms with Gasteiger partial charge in [-0.05, 0) is 67.3 Å². The van der Waals surface area contributed by atoms with Gasteiger partial charge in [0.05, 0.1) is 7.11 Å². The molecule has 2 aromatic carbocycles. The van der Waals surface area contributed by atoms with Gasteiger partial charge in [0, 0.05) is 41.5 Å². The summed E-state index contributed by atoms with van der Waals surface area (Å²) in [5.41, 5.74) is 4.85. The summed E-state index contributed by atoms with van der Waals surface area (Å²) >= 11 is 1.79. The highest BCUT2D eigenvalue weighted by Gasteiger charge is 2.26. The molecule has 3 nitrogen and oxygen atoms in total. The molecule has 152 valence electrons. The van der Waals surface area contributed by atoms with E-state index < -0.39 is 0 Å². The van der Waals surface area contributed by atoms with Gasteiger partial charge in [0.15, 0.2) is 0 Å². The molecule has 0 radical (unpaired) electrons. The van der Waals surface area contributed by atoms with Crippen LogP contribution in [0.15, 0.2) is 47.4 Å². The van der Waals surface area contributed by atoms with E-state index in [-0.39, 0.29) is 5.41 Å². The fourth-order valence-electron chi connectivity index (χ4n) is 3.42. The molecule has 1 unspecified atom stereocenters. The Labute approximate surface area is 175 Å². The van der Waals surface area contributed by atoms with Crippen molar-refractivity contribution in [3.63, 3.8) is 0 Å². The molecule has 0 amide bonds. The Morgan fingerprint density at radius 1 is 1.14 bits per heavy atom. The lowest BCUT2D eigenvalue weighted by Crippen LogP contribution is -2.21. The third-order valence-corrected chi connectivity index (χ3v) is 6.13. The Kier molecular flexibility index (Phi) is 8.31. The van der Waals surface area contributed by atoms with Crippen LogP contribution < -0.4 is 15.4 Å². The van der Waals surface area contributed by atoms with Crippen LogP contribution in [0.4, 0.5) is 11.4 Å². The van der Waals surface area contributed by atoms with Gasteiger partial charge in [-0.15, -0.1) is 11.8 Å². The van der Waals surface area contributed by atoms with E-state index in [1.54, 1.807) is 18.9 Å². The Morgan fingerprint density at radius 2 is 1.93 bits per heavy atom. The van der Waals surface area contributed by atoms with Crippen LogP contribution in [0.5, 0.6) is 5.75 Å². The van der Waals surface area contributed by atoms with Crippen LogP contribution in [0.3, 0.4) is 0 Å². The molecule has 2 rings (SSSR count). The fraction of sp³-hybridized carbons (Fsp3) is 0.417. The van der Waals surface area contributed by atoms with Gasteiger partial charge in [0.2, 0.25) is 0 Å². The van der Waals surface area contributed by atoms with E-state index in [2.05, 4.69) is 86.2 Å². The van der Waals surface area contributed by atoms with Gasteiger partial charge in [-0.3, -0.25) is 0 Å². The molecule has 0 aliphatic carbocycles. The minimum absolute atomic E-state index is 0.0670. The highest BCUT2D eigenvalue weighted by atomic mass is 32.2. The van der Waals surface area contributed by atoms with E-state index >= 15 is 0 Å². The molecular weight excluding hydrogens is 364 g/mol. The van der Waals surface area contributed by atoms with Crippen LogP contribution in [0.25, 0.3) is 6.08 Å². The van der Waals surface area contributed by atoms with Gasteiger partial charge in [-0.25, -0.2) is 0 Å². The second-order valence-electron chi connectivity index (χ2n) is 7.17. The molecule has 28 heavy (non-hydrogen) atoms. The minimum atomic E-state index is 0.0670. The monoisotopic (exact) mass is 398 g/mol. The largest absolute Gasteiger partial charge is 0.496 e. The lowest BCUT2D eigenvalue weighted by Gasteiger charge is -2.30. The van der Waals surface area contributed by atoms with Gasteiger partial charge in [0.25, 0.3) is 0 Å². The number of hydrogen-bond donors (Lipinski definition) is 2. The van der Waals surface area contributed by atoms with Crippen LogP contribution in [-0.4, -0.2) is 27.0 Å². The normalized spacial score (nSPS) is 13.4. The van der Waals surface area contributed by atoms with Gasteiger partial charge in [0.1, 0.15) is 5.75 Å². The molecule has 0 spiro atoms. The third-order valence-electron chi connectivity index (χ3n) is 5.41. The molecule has 1 atom stereocenters. The summed E-state index contributed by atoms with van der Waals surface area (Å²) in [7, 11) is 3.73. The average Bonchev–Trinajstić information content (AvgIpc) is 2.74. The SMILES string of the molecule is CCNc1ccc(/C=C/CC(C)(CC)c2cc(SC)ccc2NC)c(OC)c1. The summed E-state index contributed by atoms with van der Waals surface area (Å²) in [5, 5.41) is 6.70. The average molecular weight is 399 g/mol. The van der Waals surface area contributed by atoms with Crippen LogP contribution >= 0.6 is 11.8 Å². The van der Waals surface area contributed by atoms with Crippen molar-refractivity contribution in [2.75, 3.05) is 37.6 Å². The topological polar surface area (TPSA) is 33.3 Å². The van der Waals surface area contributed by atoms with E-state index in [1.807, 2.05) is 7.05 Å². The van der Waals surface area contributed by atoms with Crippen LogP contribution in [-0.2, 0) is 5.41 Å². The number of hydrogen-bond acceptors (Lipinski definition) is 4. The fourth-order valence-corrected chi connectivity index (χ4v) is 3.86. The summed E-state index contributed by atoms with van der Waals surface area (Å²) in [6.07, 6.45) is 8.62. The van der Waals surface area contributed by atoms with Crippen molar-refractivity contribution in [1.82, 2.24) is 0 Å². The van der Waals surface area contributed by atoms with E-state index in [4.69, 9.17) is 4.74 Å². The van der Waals surface area contributed by atoms with Crippen molar-refractivity contribution < 1.29 is 4.74 Å². The Bertz CT molecular complexity index is 803. The maximum absolute atomic E-state index is 5.59. The Morgan fingerprint density at radius 3 is 2.54 bits per heavy atom. The summed E-state index contributed by atoms with van der Waals surface area (Å²) in [4.78, 5) is 1.30. The zero-order valence-electron chi connectivity index (χ0n) is 18.1. The van der Waals surface area contributed by atoms with Crippen molar-refractivity contribution in [2.45, 2.75) is 43.9 Å². The molecule has 2 N–H and O–H groups in total. The molecule has 4 heteroatoms. The molecule has 0 aliphatic rings. The number of ether oxygens (including phenoxy) is 1. The molecule has 0 bridgehead atoms. The van der Waals surface area contributed by atoms with Crippen molar-refractivity contribution in [1.29, 1.82) is 0 Å². The first-order chi connectivity index (χ1) is 13.5. The number of methoxy groups -OCH3 is 1. The van der Waals surface area contributed by atoms with Crippen molar-refractivity contribution in [2.24, 2.45) is 0 Å². The van der Waals surface area contributed by atoms with E-state index in [1.165, 1.54) is 16.1 Å². The predicted molar refractivity (Wildman–Crippen MR) is 126 cm³/mol. The first-order valence-corrected chi connectivity index (χ1v) is 11.2. The number of anilines is 2. The zero-order chi connectivity index (χ0) is 20.6. The smallest absolute Gasteiger partial charge is 0.128 e. The van der Waals surface area contributed by atoms with E-state index in [0.717, 1.165) is 36.4 Å². The van der Waals surface area contributed by atoms with Crippen LogP contribution in [0, 0.1) is 0 Å². The second-order valence-corrected chi connectivity index (χ2v) is 8.05. The predicted octanol–water partition coefficient (Wildman–Crippen LogP) is 6.66. The van der Waals surface area contributed by atoms with Crippen molar-refractivity contribution >= 4 is 29.2 Å². The standard InChI is InChI=1S/C24H34N2OS/c1-7-24(3,21-17-20(28-6)13-14-22(21)25-4)15-9-10-18-11-12-19(26-8-2)16-23(18)27-5/h9-14,16-17,25-26H,7-8,15H2,1-6H3/b10-9+. The summed E-state index contributed by atoms with van der Waals surface area (Å²) < 4.78 is 5.59. The van der Waals surface area contributed by atoms with E-state index in [0.29, 0.717) is 0 Å². The zero-order valence-corrected chi connectivity index (χ0v) is 18.9. The summed E-state index contributed by atoms with van der Waals surface area (Å²) in [5.74, 6) is 0.896. The number of nitrogens with one attached hydrogen (secondary N) is 2. The maximum atomic E-state index is 5.59. The minimum Gasteiger partial charge on any atom is -0.496 e. The summed E-state index contributed by atoms with van der Waals surface area (Å²) in [6.45, 7) is 7.61. The molecule has 2 aromatic rings. The highest BCUT2D eigenvalue weighted by Crippen LogP contribution is 2.38. The van der Waals surface area contributed by atoms with Gasteiger partial charge in [-0.1, -0.05) is 26.0 Å².